The molecule has 0 N–H and O–H groups in total. The van der Waals surface area contributed by atoms with Crippen molar-refractivity contribution >= 4 is 29.0 Å². The number of hydrogen-bond donors (Lipinski definition) is 0. The maximum Gasteiger partial charge on any atom is 0.293 e. The number of carbonyl (C=O) groups excluding carboxylic acids is 2. The molecule has 0 spiro atoms. The second-order valence-electron chi connectivity index (χ2n) is 4.20. The minimum Gasteiger partial charge on any atom is -0.493 e. The van der Waals surface area contributed by atoms with E-state index < -0.39 is 0 Å². The third-order valence-electron chi connectivity index (χ3n) is 2.97. The van der Waals surface area contributed by atoms with Crippen molar-refractivity contribution in [2.24, 2.45) is 0 Å². The lowest BCUT2D eigenvalue weighted by atomic mass is 10.1. The molecule has 0 aromatic heterocycles. The number of hydrogen-bond acceptors (Lipinski definition) is 6. The Balaban J connectivity index is 2.46. The van der Waals surface area contributed by atoms with Crippen molar-refractivity contribution in [1.29, 1.82) is 0 Å². The Morgan fingerprint density at radius 2 is 1.62 bits per heavy atom. The van der Waals surface area contributed by atoms with Gasteiger partial charge < -0.3 is 14.2 Å². The number of ether oxygens (including phenoxy) is 3. The van der Waals surface area contributed by atoms with Crippen molar-refractivity contribution in [2.75, 3.05) is 28.4 Å². The number of thioether (sulfide) groups is 1. The van der Waals surface area contributed by atoms with Crippen LogP contribution in [0.2, 0.25) is 0 Å². The minimum atomic E-state index is -0.321. The quantitative estimate of drug-likeness (QED) is 0.796. The summed E-state index contributed by atoms with van der Waals surface area (Å²) in [6.07, 6.45) is 1.62. The normalized spacial score (nSPS) is 16.6. The summed E-state index contributed by atoms with van der Waals surface area (Å²) in [5.41, 5.74) is 0.684. The number of benzene rings is 1. The summed E-state index contributed by atoms with van der Waals surface area (Å²) in [6, 6.07) is 3.43. The van der Waals surface area contributed by atoms with Crippen molar-refractivity contribution in [1.82, 2.24) is 4.90 Å². The van der Waals surface area contributed by atoms with E-state index in [1.54, 1.807) is 18.2 Å². The number of nitrogens with zero attached hydrogens (tertiary/aromatic N) is 1. The minimum absolute atomic E-state index is 0.293. The standard InChI is InChI=1S/C14H15NO5S/c1-15-13(16)11(21-14(15)17)7-8-5-9(18-2)12(20-4)10(6-8)19-3/h5-7H,1-4H3/b11-7-. The molecule has 1 aromatic carbocycles. The Morgan fingerprint density at radius 3 is 2.00 bits per heavy atom. The molecule has 1 aromatic rings. The zero-order valence-electron chi connectivity index (χ0n) is 12.1. The van der Waals surface area contributed by atoms with Gasteiger partial charge in [-0.05, 0) is 35.5 Å². The van der Waals surface area contributed by atoms with Crippen LogP contribution in [0.25, 0.3) is 6.08 Å². The van der Waals surface area contributed by atoms with Crippen LogP contribution in [0.3, 0.4) is 0 Å². The molecule has 1 fully saturated rings. The van der Waals surface area contributed by atoms with Gasteiger partial charge in [-0.1, -0.05) is 0 Å². The largest absolute Gasteiger partial charge is 0.493 e. The van der Waals surface area contributed by atoms with Crippen LogP contribution in [0.5, 0.6) is 17.2 Å². The predicted octanol–water partition coefficient (Wildman–Crippen LogP) is 2.38. The van der Waals surface area contributed by atoms with E-state index in [9.17, 15) is 9.59 Å². The summed E-state index contributed by atoms with van der Waals surface area (Å²) >= 11 is 0.899. The fourth-order valence-corrected chi connectivity index (χ4v) is 2.71. The molecule has 7 heteroatoms. The molecular weight excluding hydrogens is 294 g/mol. The topological polar surface area (TPSA) is 65.1 Å². The molecule has 1 aliphatic heterocycles. The Hall–Kier alpha value is -2.15. The third-order valence-corrected chi connectivity index (χ3v) is 3.93. The van der Waals surface area contributed by atoms with E-state index in [1.807, 2.05) is 0 Å². The second kappa shape index (κ2) is 6.09. The molecule has 112 valence electrons. The third kappa shape index (κ3) is 2.82. The van der Waals surface area contributed by atoms with Crippen LogP contribution in [0, 0.1) is 0 Å². The molecule has 2 rings (SSSR count). The summed E-state index contributed by atoms with van der Waals surface area (Å²) in [5, 5.41) is -0.293. The number of carbonyl (C=O) groups is 2. The summed E-state index contributed by atoms with van der Waals surface area (Å²) in [7, 11) is 6.00. The molecule has 0 saturated carbocycles. The van der Waals surface area contributed by atoms with E-state index in [1.165, 1.54) is 28.4 Å². The average molecular weight is 309 g/mol. The van der Waals surface area contributed by atoms with Crippen LogP contribution in [0.15, 0.2) is 17.0 Å². The van der Waals surface area contributed by atoms with Crippen LogP contribution in [0.1, 0.15) is 5.56 Å². The lowest BCUT2D eigenvalue weighted by molar-refractivity contribution is -0.121. The number of likely N-dealkylation sites (N-methyl/N-ethyl adjacent to an activating group) is 1. The maximum atomic E-state index is 11.9. The van der Waals surface area contributed by atoms with E-state index in [0.717, 1.165) is 16.7 Å². The molecule has 1 aliphatic rings. The molecule has 2 amide bonds. The Bertz CT molecular complexity index is 601. The first-order valence-electron chi connectivity index (χ1n) is 6.03. The molecule has 0 unspecified atom stereocenters. The molecule has 1 heterocycles. The maximum absolute atomic E-state index is 11.9. The molecule has 0 radical (unpaired) electrons. The predicted molar refractivity (Wildman–Crippen MR) is 79.8 cm³/mol. The molecule has 0 aliphatic carbocycles. The smallest absolute Gasteiger partial charge is 0.293 e. The zero-order valence-corrected chi connectivity index (χ0v) is 12.9. The van der Waals surface area contributed by atoms with E-state index in [4.69, 9.17) is 14.2 Å². The van der Waals surface area contributed by atoms with Gasteiger partial charge >= 0.3 is 0 Å². The fourth-order valence-electron chi connectivity index (χ4n) is 1.88. The second-order valence-corrected chi connectivity index (χ2v) is 5.19. The van der Waals surface area contributed by atoms with Crippen molar-refractivity contribution in [3.05, 3.63) is 22.6 Å². The van der Waals surface area contributed by atoms with Crippen molar-refractivity contribution < 1.29 is 23.8 Å². The first kappa shape index (κ1) is 15.2. The van der Waals surface area contributed by atoms with Crippen LogP contribution >= 0.6 is 11.8 Å². The van der Waals surface area contributed by atoms with Crippen LogP contribution in [-0.4, -0.2) is 44.4 Å². The van der Waals surface area contributed by atoms with Crippen molar-refractivity contribution in [3.8, 4) is 17.2 Å². The SMILES string of the molecule is COc1cc(/C=C2\SC(=O)N(C)C2=O)cc(OC)c1OC. The van der Waals surface area contributed by atoms with Gasteiger partial charge in [-0.3, -0.25) is 14.5 Å². The number of methoxy groups -OCH3 is 3. The van der Waals surface area contributed by atoms with E-state index in [2.05, 4.69) is 0 Å². The summed E-state index contributed by atoms with van der Waals surface area (Å²) in [5.74, 6) is 1.12. The van der Waals surface area contributed by atoms with Gasteiger partial charge in [0.1, 0.15) is 0 Å². The number of imide groups is 1. The number of amides is 2. The van der Waals surface area contributed by atoms with Crippen LogP contribution < -0.4 is 14.2 Å². The average Bonchev–Trinajstić information content (AvgIpc) is 2.73. The van der Waals surface area contributed by atoms with Gasteiger partial charge in [0, 0.05) is 7.05 Å². The Kier molecular flexibility index (Phi) is 4.42. The highest BCUT2D eigenvalue weighted by Gasteiger charge is 2.31. The van der Waals surface area contributed by atoms with Gasteiger partial charge in [-0.15, -0.1) is 0 Å². The van der Waals surface area contributed by atoms with E-state index >= 15 is 0 Å². The van der Waals surface area contributed by atoms with Gasteiger partial charge in [0.15, 0.2) is 11.5 Å². The monoisotopic (exact) mass is 309 g/mol. The Morgan fingerprint density at radius 1 is 1.05 bits per heavy atom. The van der Waals surface area contributed by atoms with Crippen LogP contribution in [-0.2, 0) is 4.79 Å². The molecule has 6 nitrogen and oxygen atoms in total. The van der Waals surface area contributed by atoms with Gasteiger partial charge in [0.05, 0.1) is 26.2 Å². The zero-order chi connectivity index (χ0) is 15.6. The summed E-state index contributed by atoms with van der Waals surface area (Å²) in [6.45, 7) is 0. The van der Waals surface area contributed by atoms with E-state index in [0.29, 0.717) is 27.7 Å². The molecule has 0 bridgehead atoms. The van der Waals surface area contributed by atoms with Crippen molar-refractivity contribution in [3.63, 3.8) is 0 Å². The Labute approximate surface area is 126 Å². The van der Waals surface area contributed by atoms with E-state index in [-0.39, 0.29) is 11.1 Å². The van der Waals surface area contributed by atoms with Crippen molar-refractivity contribution in [2.45, 2.75) is 0 Å². The highest BCUT2D eigenvalue weighted by molar-refractivity contribution is 8.18. The fraction of sp³-hybridized carbons (Fsp3) is 0.286. The van der Waals surface area contributed by atoms with Crippen LogP contribution in [0.4, 0.5) is 4.79 Å². The number of rotatable bonds is 4. The highest BCUT2D eigenvalue weighted by Crippen LogP contribution is 2.40. The molecular formula is C14H15NO5S. The highest BCUT2D eigenvalue weighted by atomic mass is 32.2. The first-order chi connectivity index (χ1) is 10.0. The first-order valence-corrected chi connectivity index (χ1v) is 6.85. The summed E-state index contributed by atoms with van der Waals surface area (Å²) in [4.78, 5) is 24.8. The molecule has 1 saturated heterocycles. The molecule has 21 heavy (non-hydrogen) atoms. The van der Waals surface area contributed by atoms with Gasteiger partial charge in [-0.25, -0.2) is 0 Å². The molecule has 0 atom stereocenters. The van der Waals surface area contributed by atoms with Gasteiger partial charge in [0.25, 0.3) is 11.1 Å². The van der Waals surface area contributed by atoms with Gasteiger partial charge in [-0.2, -0.15) is 0 Å². The van der Waals surface area contributed by atoms with Gasteiger partial charge in [0.2, 0.25) is 5.75 Å². The summed E-state index contributed by atoms with van der Waals surface area (Å²) < 4.78 is 15.7. The lowest BCUT2D eigenvalue weighted by Gasteiger charge is -2.13. The lowest BCUT2D eigenvalue weighted by Crippen LogP contribution is -2.22.